The fourth-order valence-electron chi connectivity index (χ4n) is 2.19. The third-order valence-electron chi connectivity index (χ3n) is 3.63. The predicted molar refractivity (Wildman–Crippen MR) is 99.9 cm³/mol. The molecule has 0 fully saturated rings. The first-order valence-corrected chi connectivity index (χ1v) is 8.53. The largest absolute Gasteiger partial charge is 0.494 e. The monoisotopic (exact) mass is 353 g/mol. The number of nitrogens with one attached hydrogen (secondary N) is 1. The summed E-state index contributed by atoms with van der Waals surface area (Å²) in [5, 5.41) is 2.71. The highest BCUT2D eigenvalue weighted by Crippen LogP contribution is 2.14. The van der Waals surface area contributed by atoms with E-state index >= 15 is 0 Å². The minimum Gasteiger partial charge on any atom is -0.494 e. The summed E-state index contributed by atoms with van der Waals surface area (Å²) in [4.78, 5) is 23.0. The summed E-state index contributed by atoms with van der Waals surface area (Å²) < 4.78 is 10.9. The fraction of sp³-hybridized carbons (Fsp3) is 0.238. The molecule has 0 heterocycles. The van der Waals surface area contributed by atoms with Crippen LogP contribution in [0.4, 0.5) is 0 Å². The van der Waals surface area contributed by atoms with Crippen molar-refractivity contribution in [2.75, 3.05) is 13.2 Å². The molecule has 5 heteroatoms. The van der Waals surface area contributed by atoms with Crippen molar-refractivity contribution in [3.63, 3.8) is 0 Å². The molecule has 26 heavy (non-hydrogen) atoms. The molecule has 0 radical (unpaired) electrons. The highest BCUT2D eigenvalue weighted by molar-refractivity contribution is 5.89. The van der Waals surface area contributed by atoms with Crippen molar-refractivity contribution in [2.24, 2.45) is 0 Å². The first-order chi connectivity index (χ1) is 12.7. The fourth-order valence-corrected chi connectivity index (χ4v) is 2.19. The number of unbranched alkanes of at least 4 members (excludes halogenated alkanes) is 1. The van der Waals surface area contributed by atoms with Gasteiger partial charge in [0.15, 0.2) is 0 Å². The van der Waals surface area contributed by atoms with Gasteiger partial charge in [-0.25, -0.2) is 4.79 Å². The molecule has 0 atom stereocenters. The van der Waals surface area contributed by atoms with Crippen LogP contribution in [0.2, 0.25) is 0 Å². The number of rotatable bonds is 10. The van der Waals surface area contributed by atoms with Gasteiger partial charge >= 0.3 is 5.97 Å². The minimum atomic E-state index is -0.363. The van der Waals surface area contributed by atoms with Crippen molar-refractivity contribution in [1.29, 1.82) is 0 Å². The molecule has 2 rings (SSSR count). The summed E-state index contributed by atoms with van der Waals surface area (Å²) in [6, 6.07) is 16.4. The molecule has 0 saturated heterocycles. The maximum absolute atomic E-state index is 12.0. The van der Waals surface area contributed by atoms with Gasteiger partial charge in [0.1, 0.15) is 12.4 Å². The van der Waals surface area contributed by atoms with E-state index in [0.29, 0.717) is 24.5 Å². The highest BCUT2D eigenvalue weighted by atomic mass is 16.5. The van der Waals surface area contributed by atoms with Gasteiger partial charge in [0.05, 0.1) is 12.2 Å². The molecule has 0 bridgehead atoms. The van der Waals surface area contributed by atoms with E-state index < -0.39 is 0 Å². The summed E-state index contributed by atoms with van der Waals surface area (Å²) in [6.45, 7) is 4.78. The number of carbonyl (C=O) groups is 2. The average molecular weight is 353 g/mol. The van der Waals surface area contributed by atoms with E-state index in [1.807, 2.05) is 30.3 Å². The van der Waals surface area contributed by atoms with Crippen LogP contribution in [0.1, 0.15) is 28.8 Å². The van der Waals surface area contributed by atoms with Crippen LogP contribution in [0.5, 0.6) is 5.75 Å². The van der Waals surface area contributed by atoms with Crippen LogP contribution in [0.3, 0.4) is 0 Å². The summed E-state index contributed by atoms with van der Waals surface area (Å²) >= 11 is 0. The van der Waals surface area contributed by atoms with Crippen LogP contribution in [0.25, 0.3) is 0 Å². The molecule has 0 saturated carbocycles. The van der Waals surface area contributed by atoms with Gasteiger partial charge in [0, 0.05) is 6.54 Å². The molecule has 1 amide bonds. The van der Waals surface area contributed by atoms with E-state index in [-0.39, 0.29) is 18.5 Å². The second-order valence-corrected chi connectivity index (χ2v) is 5.64. The van der Waals surface area contributed by atoms with E-state index in [4.69, 9.17) is 9.47 Å². The topological polar surface area (TPSA) is 64.6 Å². The van der Waals surface area contributed by atoms with Crippen molar-refractivity contribution in [3.8, 4) is 5.75 Å². The second kappa shape index (κ2) is 10.7. The van der Waals surface area contributed by atoms with Crippen LogP contribution in [-0.2, 0) is 16.1 Å². The zero-order valence-electron chi connectivity index (χ0n) is 14.6. The first kappa shape index (κ1) is 19.2. The van der Waals surface area contributed by atoms with E-state index in [1.165, 1.54) is 6.08 Å². The maximum Gasteiger partial charge on any atom is 0.338 e. The number of ether oxygens (including phenoxy) is 2. The lowest BCUT2D eigenvalue weighted by atomic mass is 10.2. The van der Waals surface area contributed by atoms with Gasteiger partial charge in [-0.05, 0) is 48.7 Å². The molecule has 5 nitrogen and oxygen atoms in total. The van der Waals surface area contributed by atoms with Gasteiger partial charge < -0.3 is 14.8 Å². The molecular weight excluding hydrogens is 330 g/mol. The average Bonchev–Trinajstić information content (AvgIpc) is 2.69. The van der Waals surface area contributed by atoms with E-state index in [9.17, 15) is 9.59 Å². The third kappa shape index (κ3) is 6.81. The van der Waals surface area contributed by atoms with Gasteiger partial charge in [-0.15, -0.1) is 0 Å². The molecule has 0 aliphatic rings. The van der Waals surface area contributed by atoms with Crippen molar-refractivity contribution < 1.29 is 19.1 Å². The van der Waals surface area contributed by atoms with E-state index in [2.05, 4.69) is 11.9 Å². The predicted octanol–water partition coefficient (Wildman–Crippen LogP) is 3.50. The minimum absolute atomic E-state index is 0.166. The first-order valence-electron chi connectivity index (χ1n) is 8.53. The maximum atomic E-state index is 12.0. The number of hydrogen-bond donors (Lipinski definition) is 1. The Bertz CT molecular complexity index is 711. The molecule has 2 aromatic rings. The Balaban J connectivity index is 1.68. The van der Waals surface area contributed by atoms with Gasteiger partial charge in [-0.2, -0.15) is 0 Å². The summed E-state index contributed by atoms with van der Waals surface area (Å²) in [5.74, 6) is 0.166. The van der Waals surface area contributed by atoms with Crippen molar-refractivity contribution in [2.45, 2.75) is 19.4 Å². The zero-order valence-corrected chi connectivity index (χ0v) is 14.6. The summed E-state index contributed by atoms with van der Waals surface area (Å²) in [6.07, 6.45) is 2.89. The van der Waals surface area contributed by atoms with Gasteiger partial charge in [0.2, 0.25) is 5.91 Å². The molecule has 0 aliphatic carbocycles. The number of hydrogen-bond acceptors (Lipinski definition) is 4. The van der Waals surface area contributed by atoms with Gasteiger partial charge in [0.25, 0.3) is 0 Å². The highest BCUT2D eigenvalue weighted by Gasteiger charge is 2.07. The van der Waals surface area contributed by atoms with Crippen LogP contribution in [0.15, 0.2) is 67.3 Å². The molecule has 0 aliphatic heterocycles. The summed E-state index contributed by atoms with van der Waals surface area (Å²) in [5.41, 5.74) is 1.44. The van der Waals surface area contributed by atoms with Gasteiger partial charge in [-0.3, -0.25) is 4.79 Å². The molecular formula is C21H23NO4. The van der Waals surface area contributed by atoms with Crippen LogP contribution < -0.4 is 10.1 Å². The Morgan fingerprint density at radius 3 is 2.42 bits per heavy atom. The number of carbonyl (C=O) groups excluding carboxylic acids is 2. The molecule has 136 valence electrons. The van der Waals surface area contributed by atoms with Crippen LogP contribution in [0, 0.1) is 0 Å². The third-order valence-corrected chi connectivity index (χ3v) is 3.63. The summed E-state index contributed by atoms with van der Waals surface area (Å²) in [7, 11) is 0. The SMILES string of the molecule is C=CC(=O)NCCCCOc1ccc(C(=O)OCc2ccccc2)cc1. The standard InChI is InChI=1S/C21H23NO4/c1-2-20(23)22-14-6-7-15-25-19-12-10-18(11-13-19)21(24)26-16-17-8-4-3-5-9-17/h2-5,8-13H,1,6-7,14-16H2,(H,22,23). The quantitative estimate of drug-likeness (QED) is 0.403. The van der Waals surface area contributed by atoms with Crippen LogP contribution >= 0.6 is 0 Å². The Hall–Kier alpha value is -3.08. The molecule has 0 aromatic heterocycles. The normalized spacial score (nSPS) is 10.0. The molecule has 1 N–H and O–H groups in total. The number of benzene rings is 2. The Morgan fingerprint density at radius 2 is 1.73 bits per heavy atom. The smallest absolute Gasteiger partial charge is 0.338 e. The zero-order chi connectivity index (χ0) is 18.6. The number of amides is 1. The van der Waals surface area contributed by atoms with E-state index in [0.717, 1.165) is 18.4 Å². The van der Waals surface area contributed by atoms with E-state index in [1.54, 1.807) is 24.3 Å². The van der Waals surface area contributed by atoms with Gasteiger partial charge in [-0.1, -0.05) is 36.9 Å². The van der Waals surface area contributed by atoms with Crippen molar-refractivity contribution in [3.05, 3.63) is 78.4 Å². The number of esters is 1. The lowest BCUT2D eigenvalue weighted by Gasteiger charge is -2.08. The Morgan fingerprint density at radius 1 is 1.00 bits per heavy atom. The lowest BCUT2D eigenvalue weighted by molar-refractivity contribution is -0.116. The Labute approximate surface area is 153 Å². The molecule has 0 unspecified atom stereocenters. The molecule has 2 aromatic carbocycles. The van der Waals surface area contributed by atoms with Crippen LogP contribution in [-0.4, -0.2) is 25.0 Å². The molecule has 0 spiro atoms. The van der Waals surface area contributed by atoms with Crippen molar-refractivity contribution in [1.82, 2.24) is 5.32 Å². The lowest BCUT2D eigenvalue weighted by Crippen LogP contribution is -2.22. The van der Waals surface area contributed by atoms with Crippen molar-refractivity contribution >= 4 is 11.9 Å². The second-order valence-electron chi connectivity index (χ2n) is 5.64. The Kier molecular flexibility index (Phi) is 7.93.